The number of amides is 2. The van der Waals surface area contributed by atoms with Crippen molar-refractivity contribution in [2.24, 2.45) is 0 Å². The highest BCUT2D eigenvalue weighted by atomic mass is 16.7. The normalized spacial score (nSPS) is 16.7. The van der Waals surface area contributed by atoms with Crippen LogP contribution in [0.1, 0.15) is 0 Å². The van der Waals surface area contributed by atoms with Gasteiger partial charge in [-0.25, -0.2) is 9.59 Å². The Morgan fingerprint density at radius 2 is 1.03 bits per heavy atom. The quantitative estimate of drug-likeness (QED) is 0.224. The molecule has 2 amide bonds. The van der Waals surface area contributed by atoms with Gasteiger partial charge in [0, 0.05) is 24.3 Å². The van der Waals surface area contributed by atoms with Gasteiger partial charge in [-0.1, -0.05) is 0 Å². The molecule has 0 spiro atoms. The Hall–Kier alpha value is -5.28. The largest absolute Gasteiger partial charge is 0.513 e. The molecule has 1 heterocycles. The standard InChI is InChI=1S/C20H16N4O12/c25-17-15(9-33-19(27)35-13-5-1-11(2-6-13)23(29)30)21-18(26)16(22-17)10-34-20(28)36-14-7-3-12(4-8-14)24(31)32/h1-8,15-16H,9-10H2,(H,21,26)(H,22,25)/t15-,16-/m0/s1. The molecule has 1 aliphatic rings. The fraction of sp³-hybridized carbons (Fsp3) is 0.200. The summed E-state index contributed by atoms with van der Waals surface area (Å²) in [7, 11) is 0. The first-order valence-corrected chi connectivity index (χ1v) is 9.91. The zero-order valence-electron chi connectivity index (χ0n) is 18.0. The van der Waals surface area contributed by atoms with E-state index in [0.717, 1.165) is 24.3 Å². The molecule has 1 saturated heterocycles. The number of hydrogen-bond acceptors (Lipinski definition) is 12. The van der Waals surface area contributed by atoms with Crippen LogP contribution >= 0.6 is 0 Å². The number of nitrogens with zero attached hydrogens (tertiary/aromatic N) is 2. The van der Waals surface area contributed by atoms with Crippen LogP contribution in [0.15, 0.2) is 48.5 Å². The molecular formula is C20H16N4O12. The lowest BCUT2D eigenvalue weighted by molar-refractivity contribution is -0.385. The molecule has 3 rings (SSSR count). The lowest BCUT2D eigenvalue weighted by atomic mass is 10.1. The van der Waals surface area contributed by atoms with Crippen LogP contribution in [0.2, 0.25) is 0 Å². The Balaban J connectivity index is 1.41. The molecule has 16 heteroatoms. The van der Waals surface area contributed by atoms with E-state index in [0.29, 0.717) is 0 Å². The minimum atomic E-state index is -1.26. The van der Waals surface area contributed by atoms with Crippen molar-refractivity contribution in [3.8, 4) is 11.5 Å². The maximum atomic E-state index is 12.2. The number of non-ortho nitro benzene ring substituents is 2. The van der Waals surface area contributed by atoms with E-state index in [9.17, 15) is 39.4 Å². The van der Waals surface area contributed by atoms with Crippen LogP contribution in [0.25, 0.3) is 0 Å². The van der Waals surface area contributed by atoms with E-state index in [4.69, 9.17) is 18.9 Å². The molecule has 16 nitrogen and oxygen atoms in total. The van der Waals surface area contributed by atoms with E-state index in [1.165, 1.54) is 24.3 Å². The second-order valence-corrected chi connectivity index (χ2v) is 6.95. The van der Waals surface area contributed by atoms with Gasteiger partial charge < -0.3 is 29.6 Å². The van der Waals surface area contributed by atoms with Gasteiger partial charge >= 0.3 is 12.3 Å². The van der Waals surface area contributed by atoms with Crippen molar-refractivity contribution in [2.75, 3.05) is 13.2 Å². The lowest BCUT2D eigenvalue weighted by Gasteiger charge is -2.28. The van der Waals surface area contributed by atoms with Crippen molar-refractivity contribution in [3.63, 3.8) is 0 Å². The van der Waals surface area contributed by atoms with Crippen molar-refractivity contribution < 1.29 is 48.0 Å². The molecule has 0 aromatic heterocycles. The van der Waals surface area contributed by atoms with E-state index in [1.807, 2.05) is 0 Å². The van der Waals surface area contributed by atoms with Gasteiger partial charge in [0.25, 0.3) is 11.4 Å². The predicted octanol–water partition coefficient (Wildman–Crippen LogP) is 1.22. The number of nitro benzene ring substituents is 2. The summed E-state index contributed by atoms with van der Waals surface area (Å²) >= 11 is 0. The van der Waals surface area contributed by atoms with Crippen LogP contribution < -0.4 is 20.1 Å². The predicted molar refractivity (Wildman–Crippen MR) is 114 cm³/mol. The van der Waals surface area contributed by atoms with Gasteiger partial charge in [0.1, 0.15) is 36.8 Å². The first-order valence-electron chi connectivity index (χ1n) is 9.91. The summed E-state index contributed by atoms with van der Waals surface area (Å²) in [5.41, 5.74) is -0.425. The molecule has 0 saturated carbocycles. The van der Waals surface area contributed by atoms with Gasteiger partial charge in [-0.05, 0) is 24.3 Å². The van der Waals surface area contributed by atoms with Crippen molar-refractivity contribution in [2.45, 2.75) is 12.1 Å². The molecule has 2 aromatic rings. The second-order valence-electron chi connectivity index (χ2n) is 6.95. The SMILES string of the molecule is O=C(OC[C@@H]1NC(=O)[C@H](COC(=O)Oc2ccc([N+](=O)[O-])cc2)NC1=O)Oc1ccc([N+](=O)[O-])cc1. The van der Waals surface area contributed by atoms with Crippen LogP contribution in [0.5, 0.6) is 11.5 Å². The van der Waals surface area contributed by atoms with Crippen LogP contribution in [0.3, 0.4) is 0 Å². The first kappa shape index (κ1) is 25.3. The molecule has 0 radical (unpaired) electrons. The molecule has 2 aromatic carbocycles. The Kier molecular flexibility index (Phi) is 7.91. The highest BCUT2D eigenvalue weighted by Gasteiger charge is 2.35. The van der Waals surface area contributed by atoms with Crippen LogP contribution in [0.4, 0.5) is 21.0 Å². The van der Waals surface area contributed by atoms with Crippen LogP contribution in [0, 0.1) is 20.2 Å². The maximum Gasteiger partial charge on any atom is 0.513 e. The number of piperazine rings is 1. The zero-order valence-corrected chi connectivity index (χ0v) is 18.0. The molecule has 0 aliphatic carbocycles. The summed E-state index contributed by atoms with van der Waals surface area (Å²) in [6.45, 7) is -1.17. The summed E-state index contributed by atoms with van der Waals surface area (Å²) in [4.78, 5) is 67.9. The van der Waals surface area contributed by atoms with E-state index in [1.54, 1.807) is 0 Å². The molecule has 0 bridgehead atoms. The first-order chi connectivity index (χ1) is 17.1. The van der Waals surface area contributed by atoms with E-state index < -0.39 is 59.3 Å². The smallest absolute Gasteiger partial charge is 0.431 e. The van der Waals surface area contributed by atoms with Crippen molar-refractivity contribution in [1.82, 2.24) is 10.6 Å². The van der Waals surface area contributed by atoms with Gasteiger partial charge in [-0.2, -0.15) is 0 Å². The second kappa shape index (κ2) is 11.2. The topological polar surface area (TPSA) is 216 Å². The minimum Gasteiger partial charge on any atom is -0.431 e. The third-order valence-electron chi connectivity index (χ3n) is 4.50. The molecule has 2 N–H and O–H groups in total. The fourth-order valence-electron chi connectivity index (χ4n) is 2.74. The van der Waals surface area contributed by atoms with E-state index in [2.05, 4.69) is 10.6 Å². The van der Waals surface area contributed by atoms with Gasteiger partial charge in [0.2, 0.25) is 11.8 Å². The maximum absolute atomic E-state index is 12.2. The highest BCUT2D eigenvalue weighted by Crippen LogP contribution is 2.19. The third-order valence-corrected chi connectivity index (χ3v) is 4.50. The Morgan fingerprint density at radius 1 is 0.694 bits per heavy atom. The number of nitro groups is 2. The number of carbonyl (C=O) groups is 4. The van der Waals surface area contributed by atoms with Crippen molar-refractivity contribution in [1.29, 1.82) is 0 Å². The van der Waals surface area contributed by atoms with Crippen molar-refractivity contribution >= 4 is 35.5 Å². The summed E-state index contributed by atoms with van der Waals surface area (Å²) in [6, 6.07) is 6.62. The van der Waals surface area contributed by atoms with Crippen molar-refractivity contribution in [3.05, 3.63) is 68.8 Å². The summed E-state index contributed by atoms with van der Waals surface area (Å²) in [5, 5.41) is 25.8. The van der Waals surface area contributed by atoms with Crippen LogP contribution in [-0.2, 0) is 19.1 Å². The van der Waals surface area contributed by atoms with Gasteiger partial charge in [0.05, 0.1) is 9.85 Å². The number of carbonyl (C=O) groups excluding carboxylic acids is 4. The number of hydrogen-bond donors (Lipinski definition) is 2. The van der Waals surface area contributed by atoms with E-state index in [-0.39, 0.29) is 22.9 Å². The number of ether oxygens (including phenoxy) is 4. The zero-order chi connectivity index (χ0) is 26.2. The average Bonchev–Trinajstić information content (AvgIpc) is 2.84. The lowest BCUT2D eigenvalue weighted by Crippen LogP contribution is -2.64. The molecule has 2 atom stereocenters. The van der Waals surface area contributed by atoms with Gasteiger partial charge in [-0.3, -0.25) is 29.8 Å². The minimum absolute atomic E-state index is 0.0412. The summed E-state index contributed by atoms with van der Waals surface area (Å²) in [5.74, 6) is -1.56. The molecule has 36 heavy (non-hydrogen) atoms. The molecule has 1 fully saturated rings. The molecular weight excluding hydrogens is 488 g/mol. The highest BCUT2D eigenvalue weighted by molar-refractivity contribution is 5.97. The molecule has 1 aliphatic heterocycles. The Morgan fingerprint density at radius 3 is 1.33 bits per heavy atom. The monoisotopic (exact) mass is 504 g/mol. The number of nitrogens with one attached hydrogen (secondary N) is 2. The Labute approximate surface area is 200 Å². The molecule has 0 unspecified atom stereocenters. The number of rotatable bonds is 8. The summed E-state index contributed by atoms with van der Waals surface area (Å²) in [6.07, 6.45) is -2.43. The third kappa shape index (κ3) is 6.86. The van der Waals surface area contributed by atoms with Crippen LogP contribution in [-0.4, -0.2) is 59.3 Å². The van der Waals surface area contributed by atoms with Gasteiger partial charge in [0.15, 0.2) is 0 Å². The average molecular weight is 504 g/mol. The summed E-state index contributed by atoms with van der Waals surface area (Å²) < 4.78 is 19.2. The van der Waals surface area contributed by atoms with E-state index >= 15 is 0 Å². The van der Waals surface area contributed by atoms with Gasteiger partial charge in [-0.15, -0.1) is 0 Å². The fourth-order valence-corrected chi connectivity index (χ4v) is 2.74. The Bertz CT molecular complexity index is 1090. The molecule has 188 valence electrons. The number of benzene rings is 2.